The zero-order valence-corrected chi connectivity index (χ0v) is 21.2. The van der Waals surface area contributed by atoms with Gasteiger partial charge in [0.2, 0.25) is 0 Å². The lowest BCUT2D eigenvalue weighted by Crippen LogP contribution is -2.85. The number of ether oxygens (including phenoxy) is 2. The van der Waals surface area contributed by atoms with Crippen LogP contribution in [0.4, 0.5) is 0 Å². The molecule has 4 saturated heterocycles. The Bertz CT molecular complexity index is 1160. The molecule has 1 spiro atoms. The van der Waals surface area contributed by atoms with E-state index in [1.165, 1.54) is 6.08 Å². The third-order valence-corrected chi connectivity index (χ3v) is 12.3. The monoisotopic (exact) mass is 491 g/mol. The molecule has 5 aliphatic carbocycles. The van der Waals surface area contributed by atoms with E-state index in [0.29, 0.717) is 18.8 Å². The van der Waals surface area contributed by atoms with Gasteiger partial charge < -0.3 is 19.7 Å². The minimum atomic E-state index is -1.24. The van der Waals surface area contributed by atoms with Crippen LogP contribution in [0.25, 0.3) is 6.08 Å². The summed E-state index contributed by atoms with van der Waals surface area (Å²) in [5.74, 6) is 0.173. The molecule has 5 saturated carbocycles. The summed E-state index contributed by atoms with van der Waals surface area (Å²) in [6.07, 6.45) is 8.22. The molecule has 6 nitrogen and oxygen atoms in total. The molecule has 4 aliphatic heterocycles. The molecule has 1 aromatic rings. The number of piperidine rings is 1. The fourth-order valence-electron chi connectivity index (χ4n) is 11.4. The van der Waals surface area contributed by atoms with Crippen molar-refractivity contribution in [1.82, 2.24) is 4.90 Å². The molecule has 1 aromatic carbocycles. The van der Waals surface area contributed by atoms with Gasteiger partial charge in [0.25, 0.3) is 0 Å². The molecule has 9 aliphatic rings. The van der Waals surface area contributed by atoms with Crippen LogP contribution in [0.1, 0.15) is 57.9 Å². The van der Waals surface area contributed by atoms with E-state index in [4.69, 9.17) is 9.47 Å². The molecule has 0 radical (unpaired) electrons. The molecular formula is C30H37NO5. The predicted molar refractivity (Wildman–Crippen MR) is 132 cm³/mol. The van der Waals surface area contributed by atoms with Crippen LogP contribution in [0.5, 0.6) is 0 Å². The van der Waals surface area contributed by atoms with Gasteiger partial charge in [-0.15, -0.1) is 0 Å². The van der Waals surface area contributed by atoms with Crippen molar-refractivity contribution in [2.24, 2.45) is 34.5 Å². The molecular weight excluding hydrogens is 454 g/mol. The van der Waals surface area contributed by atoms with Crippen LogP contribution in [-0.2, 0) is 14.3 Å². The molecule has 4 heterocycles. The number of aliphatic hydroxyl groups is 2. The number of hydrogen-bond acceptors (Lipinski definition) is 6. The van der Waals surface area contributed by atoms with Gasteiger partial charge in [0.05, 0.1) is 12.1 Å². The van der Waals surface area contributed by atoms with Crippen molar-refractivity contribution in [3.8, 4) is 0 Å². The highest BCUT2D eigenvalue weighted by Crippen LogP contribution is 2.83. The summed E-state index contributed by atoms with van der Waals surface area (Å²) in [4.78, 5) is 15.4. The number of carbonyl (C=O) groups excluding carboxylic acids is 1. The van der Waals surface area contributed by atoms with Gasteiger partial charge in [0, 0.05) is 22.8 Å². The molecule has 9 fully saturated rings. The second-order valence-corrected chi connectivity index (χ2v) is 13.2. The van der Waals surface area contributed by atoms with Crippen LogP contribution in [0.3, 0.4) is 0 Å². The second kappa shape index (κ2) is 6.82. The smallest absolute Gasteiger partial charge is 0.331 e. The van der Waals surface area contributed by atoms with Gasteiger partial charge in [-0.25, -0.2) is 4.79 Å². The first-order valence-corrected chi connectivity index (χ1v) is 14.1. The average molecular weight is 492 g/mol. The van der Waals surface area contributed by atoms with Crippen LogP contribution in [0, 0.1) is 34.5 Å². The molecule has 10 rings (SSSR count). The molecule has 9 bridgehead atoms. The number of likely N-dealkylation sites (N-methyl/N-ethyl adjacent to an activating group) is 1. The van der Waals surface area contributed by atoms with Crippen molar-refractivity contribution in [2.75, 3.05) is 6.54 Å². The first-order chi connectivity index (χ1) is 17.3. The highest BCUT2D eigenvalue weighted by atomic mass is 16.5. The Morgan fingerprint density at radius 1 is 1.19 bits per heavy atom. The Balaban J connectivity index is 1.21. The van der Waals surface area contributed by atoms with E-state index < -0.39 is 11.2 Å². The van der Waals surface area contributed by atoms with E-state index in [1.54, 1.807) is 6.08 Å². The van der Waals surface area contributed by atoms with Crippen LogP contribution in [0.15, 0.2) is 36.4 Å². The predicted octanol–water partition coefficient (Wildman–Crippen LogP) is 3.37. The van der Waals surface area contributed by atoms with Gasteiger partial charge in [-0.05, 0) is 74.5 Å². The zero-order chi connectivity index (χ0) is 24.7. The minimum absolute atomic E-state index is 0.0105. The number of fused-ring (bicyclic) bond motifs is 3. The van der Waals surface area contributed by atoms with Crippen molar-refractivity contribution < 1.29 is 24.5 Å². The lowest BCUT2D eigenvalue weighted by Gasteiger charge is -2.76. The van der Waals surface area contributed by atoms with E-state index in [2.05, 4.69) is 18.7 Å². The molecule has 2 N–H and O–H groups in total. The molecule has 0 aromatic heterocycles. The van der Waals surface area contributed by atoms with Crippen molar-refractivity contribution in [2.45, 2.75) is 88.1 Å². The third kappa shape index (κ3) is 2.22. The lowest BCUT2D eigenvalue weighted by atomic mass is 9.41. The van der Waals surface area contributed by atoms with Gasteiger partial charge in [-0.1, -0.05) is 44.2 Å². The van der Waals surface area contributed by atoms with E-state index in [-0.39, 0.29) is 59.0 Å². The van der Waals surface area contributed by atoms with Gasteiger partial charge in [-0.3, -0.25) is 4.90 Å². The molecule has 12 atom stereocenters. The third-order valence-electron chi connectivity index (χ3n) is 12.3. The summed E-state index contributed by atoms with van der Waals surface area (Å²) in [5, 5.41) is 25.2. The topological polar surface area (TPSA) is 79.2 Å². The van der Waals surface area contributed by atoms with Gasteiger partial charge in [0.15, 0.2) is 0 Å². The summed E-state index contributed by atoms with van der Waals surface area (Å²) in [7, 11) is 0. The molecule has 0 amide bonds. The van der Waals surface area contributed by atoms with E-state index in [0.717, 1.165) is 37.8 Å². The summed E-state index contributed by atoms with van der Waals surface area (Å²) >= 11 is 0. The Morgan fingerprint density at radius 2 is 2.00 bits per heavy atom. The Hall–Kier alpha value is -1.73. The number of hydrogen-bond donors (Lipinski definition) is 2. The van der Waals surface area contributed by atoms with Crippen LogP contribution in [0.2, 0.25) is 0 Å². The van der Waals surface area contributed by atoms with Crippen LogP contribution in [-0.4, -0.2) is 63.3 Å². The molecule has 12 unspecified atom stereocenters. The quantitative estimate of drug-likeness (QED) is 0.497. The van der Waals surface area contributed by atoms with Crippen molar-refractivity contribution in [3.05, 3.63) is 42.0 Å². The molecule has 192 valence electrons. The number of benzene rings is 1. The minimum Gasteiger partial charge on any atom is -0.458 e. The van der Waals surface area contributed by atoms with E-state index in [9.17, 15) is 15.0 Å². The molecule has 6 heteroatoms. The molecule has 36 heavy (non-hydrogen) atoms. The Kier molecular flexibility index (Phi) is 4.22. The van der Waals surface area contributed by atoms with Crippen LogP contribution < -0.4 is 0 Å². The van der Waals surface area contributed by atoms with Crippen molar-refractivity contribution in [1.29, 1.82) is 0 Å². The largest absolute Gasteiger partial charge is 0.458 e. The van der Waals surface area contributed by atoms with Gasteiger partial charge in [0.1, 0.15) is 23.5 Å². The van der Waals surface area contributed by atoms with Gasteiger partial charge in [-0.2, -0.15) is 0 Å². The maximum Gasteiger partial charge on any atom is 0.331 e. The fourth-order valence-corrected chi connectivity index (χ4v) is 11.4. The summed E-state index contributed by atoms with van der Waals surface area (Å²) in [5.41, 5.74) is -1.67. The second-order valence-electron chi connectivity index (χ2n) is 13.2. The van der Waals surface area contributed by atoms with Crippen LogP contribution >= 0.6 is 0 Å². The normalized spacial score (nSPS) is 55.4. The first-order valence-electron chi connectivity index (χ1n) is 14.1. The maximum absolute atomic E-state index is 13.0. The number of nitrogens with zero attached hydrogens (tertiary/aromatic N) is 1. The SMILES string of the molecule is CCN1C2OC3CCC2(C)C2CC4(O)C1C32C1CC2CCC4(O)C1C2OC(=O)C=Cc1ccccc1. The maximum atomic E-state index is 13.0. The Labute approximate surface area is 212 Å². The lowest BCUT2D eigenvalue weighted by molar-refractivity contribution is -0.403. The Morgan fingerprint density at radius 3 is 2.78 bits per heavy atom. The fraction of sp³-hybridized carbons (Fsp3) is 0.700. The first kappa shape index (κ1) is 22.3. The van der Waals surface area contributed by atoms with E-state index >= 15 is 0 Å². The highest BCUT2D eigenvalue weighted by Gasteiger charge is 2.90. The van der Waals surface area contributed by atoms with Gasteiger partial charge >= 0.3 is 5.97 Å². The highest BCUT2D eigenvalue weighted by molar-refractivity contribution is 5.87. The summed E-state index contributed by atoms with van der Waals surface area (Å²) in [6.45, 7) is 5.36. The standard InChI is InChI=1S/C30H37NO5/c1-3-31-25-29(34)16-20-27(2)13-12-21(35-26(27)31)30(20,25)19-15-18-11-14-28(29,33)23(19)24(18)36-22(32)10-9-17-7-5-4-6-8-17/h4-10,18-21,23-26,33-34H,3,11-16H2,1-2H3. The summed E-state index contributed by atoms with van der Waals surface area (Å²) < 4.78 is 13.0. The number of esters is 1. The zero-order valence-electron chi connectivity index (χ0n) is 21.2. The number of carbonyl (C=O) groups is 1. The summed E-state index contributed by atoms with van der Waals surface area (Å²) in [6, 6.07) is 9.68. The van der Waals surface area contributed by atoms with Crippen molar-refractivity contribution in [3.63, 3.8) is 0 Å². The number of rotatable bonds is 4. The average Bonchev–Trinajstić information content (AvgIpc) is 3.29. The van der Waals surface area contributed by atoms with E-state index in [1.807, 2.05) is 30.3 Å². The van der Waals surface area contributed by atoms with Crippen molar-refractivity contribution >= 4 is 12.0 Å².